The molecule has 1 aliphatic heterocycles. The maximum Gasteiger partial charge on any atom is 0.125 e. The van der Waals surface area contributed by atoms with Gasteiger partial charge in [0, 0.05) is 10.0 Å². The number of nitrogens with two attached hydrogens (primary N) is 1. The number of hydrogen-bond donors (Lipinski definition) is 1. The van der Waals surface area contributed by atoms with Gasteiger partial charge < -0.3 is 15.2 Å². The number of hydrogen-bond acceptors (Lipinski definition) is 3. The van der Waals surface area contributed by atoms with Crippen LogP contribution >= 0.6 is 28.3 Å². The molecule has 1 aliphatic rings. The lowest BCUT2D eigenvalue weighted by atomic mass is 9.98. The SMILES string of the molecule is COc1cc(Br)cc2c1C(N)COC2.Cl. The lowest BCUT2D eigenvalue weighted by molar-refractivity contribution is 0.0910. The Balaban J connectivity index is 0.00000112. The first-order chi connectivity index (χ1) is 6.72. The summed E-state index contributed by atoms with van der Waals surface area (Å²) in [6, 6.07) is 3.88. The summed E-state index contributed by atoms with van der Waals surface area (Å²) in [6.07, 6.45) is 0. The van der Waals surface area contributed by atoms with Gasteiger partial charge in [0.25, 0.3) is 0 Å². The number of methoxy groups -OCH3 is 1. The van der Waals surface area contributed by atoms with E-state index in [0.717, 1.165) is 21.3 Å². The average molecular weight is 295 g/mol. The van der Waals surface area contributed by atoms with Crippen LogP contribution in [0.1, 0.15) is 17.2 Å². The average Bonchev–Trinajstić information content (AvgIpc) is 2.16. The summed E-state index contributed by atoms with van der Waals surface area (Å²) < 4.78 is 11.7. The molecule has 1 atom stereocenters. The summed E-state index contributed by atoms with van der Waals surface area (Å²) >= 11 is 3.43. The van der Waals surface area contributed by atoms with Gasteiger partial charge in [-0.2, -0.15) is 0 Å². The Morgan fingerprint density at radius 1 is 1.53 bits per heavy atom. The molecule has 0 fully saturated rings. The van der Waals surface area contributed by atoms with Crippen molar-refractivity contribution < 1.29 is 9.47 Å². The smallest absolute Gasteiger partial charge is 0.125 e. The Labute approximate surface area is 103 Å². The Bertz CT molecular complexity index is 342. The fourth-order valence-corrected chi connectivity index (χ4v) is 2.22. The van der Waals surface area contributed by atoms with Crippen molar-refractivity contribution in [3.05, 3.63) is 27.7 Å². The third-order valence-corrected chi connectivity index (χ3v) is 2.80. The highest BCUT2D eigenvalue weighted by molar-refractivity contribution is 9.10. The molecule has 3 nitrogen and oxygen atoms in total. The molecule has 0 aliphatic carbocycles. The first kappa shape index (κ1) is 12.8. The van der Waals surface area contributed by atoms with E-state index in [4.69, 9.17) is 15.2 Å². The van der Waals surface area contributed by atoms with Crippen LogP contribution in [0.4, 0.5) is 0 Å². The van der Waals surface area contributed by atoms with E-state index in [-0.39, 0.29) is 18.4 Å². The predicted octanol–water partition coefficient (Wildman–Crippen LogP) is 2.41. The number of benzene rings is 1. The number of fused-ring (bicyclic) bond motifs is 1. The predicted molar refractivity (Wildman–Crippen MR) is 64.5 cm³/mol. The van der Waals surface area contributed by atoms with Gasteiger partial charge in [-0.1, -0.05) is 15.9 Å². The molecule has 0 saturated heterocycles. The van der Waals surface area contributed by atoms with Gasteiger partial charge in [-0.3, -0.25) is 0 Å². The molecular formula is C10H13BrClNO2. The van der Waals surface area contributed by atoms with E-state index in [0.29, 0.717) is 13.2 Å². The fourth-order valence-electron chi connectivity index (χ4n) is 1.74. The summed E-state index contributed by atoms with van der Waals surface area (Å²) in [5, 5.41) is 0. The first-order valence-electron chi connectivity index (χ1n) is 4.42. The van der Waals surface area contributed by atoms with E-state index < -0.39 is 0 Å². The van der Waals surface area contributed by atoms with Crippen LogP contribution in [0.25, 0.3) is 0 Å². The third kappa shape index (κ3) is 2.45. The highest BCUT2D eigenvalue weighted by Crippen LogP contribution is 2.34. The maximum absolute atomic E-state index is 5.95. The van der Waals surface area contributed by atoms with E-state index >= 15 is 0 Å². The van der Waals surface area contributed by atoms with Crippen molar-refractivity contribution in [2.24, 2.45) is 5.73 Å². The molecular weight excluding hydrogens is 281 g/mol. The Hall–Kier alpha value is -0.290. The Kier molecular flexibility index (Phi) is 4.40. The van der Waals surface area contributed by atoms with Crippen molar-refractivity contribution >= 4 is 28.3 Å². The molecule has 0 bridgehead atoms. The molecule has 5 heteroatoms. The van der Waals surface area contributed by atoms with E-state index in [9.17, 15) is 0 Å². The first-order valence-corrected chi connectivity index (χ1v) is 5.21. The van der Waals surface area contributed by atoms with Gasteiger partial charge in [-0.25, -0.2) is 0 Å². The normalized spacial score (nSPS) is 19.0. The minimum Gasteiger partial charge on any atom is -0.496 e. The van der Waals surface area contributed by atoms with Crippen LogP contribution < -0.4 is 10.5 Å². The molecule has 1 unspecified atom stereocenters. The number of rotatable bonds is 1. The standard InChI is InChI=1S/C10H12BrNO2.ClH/c1-13-9-3-7(11)2-6-4-14-5-8(12)10(6)9;/h2-3,8H,4-5,12H2,1H3;1H. The van der Waals surface area contributed by atoms with Gasteiger partial charge in [0.2, 0.25) is 0 Å². The van der Waals surface area contributed by atoms with E-state index in [1.807, 2.05) is 12.1 Å². The molecule has 0 radical (unpaired) electrons. The zero-order valence-electron chi connectivity index (χ0n) is 8.33. The van der Waals surface area contributed by atoms with Gasteiger partial charge in [0.1, 0.15) is 5.75 Å². The molecule has 84 valence electrons. The maximum atomic E-state index is 5.95. The van der Waals surface area contributed by atoms with Crippen molar-refractivity contribution in [1.29, 1.82) is 0 Å². The molecule has 1 aromatic carbocycles. The van der Waals surface area contributed by atoms with Gasteiger partial charge in [-0.05, 0) is 17.7 Å². The lowest BCUT2D eigenvalue weighted by Gasteiger charge is -2.24. The zero-order chi connectivity index (χ0) is 10.1. The summed E-state index contributed by atoms with van der Waals surface area (Å²) in [5.41, 5.74) is 8.13. The minimum atomic E-state index is -0.0817. The van der Waals surface area contributed by atoms with Crippen LogP contribution in [0.15, 0.2) is 16.6 Å². The van der Waals surface area contributed by atoms with Gasteiger partial charge in [0.05, 0.1) is 26.4 Å². The highest BCUT2D eigenvalue weighted by Gasteiger charge is 2.21. The van der Waals surface area contributed by atoms with E-state index in [2.05, 4.69) is 15.9 Å². The van der Waals surface area contributed by atoms with Crippen molar-refractivity contribution in [3.8, 4) is 5.75 Å². The Morgan fingerprint density at radius 3 is 2.93 bits per heavy atom. The molecule has 0 saturated carbocycles. The van der Waals surface area contributed by atoms with Crippen LogP contribution in [0.3, 0.4) is 0 Å². The largest absolute Gasteiger partial charge is 0.496 e. The van der Waals surface area contributed by atoms with Crippen LogP contribution in [-0.4, -0.2) is 13.7 Å². The molecule has 1 heterocycles. The topological polar surface area (TPSA) is 44.5 Å². The second kappa shape index (κ2) is 5.16. The monoisotopic (exact) mass is 293 g/mol. The van der Waals surface area contributed by atoms with Crippen molar-refractivity contribution in [3.63, 3.8) is 0 Å². The van der Waals surface area contributed by atoms with Crippen LogP contribution in [0.2, 0.25) is 0 Å². The minimum absolute atomic E-state index is 0. The fraction of sp³-hybridized carbons (Fsp3) is 0.400. The van der Waals surface area contributed by atoms with Gasteiger partial charge in [-0.15, -0.1) is 12.4 Å². The lowest BCUT2D eigenvalue weighted by Crippen LogP contribution is -2.24. The van der Waals surface area contributed by atoms with Crippen LogP contribution in [0.5, 0.6) is 5.75 Å². The van der Waals surface area contributed by atoms with Crippen LogP contribution in [0, 0.1) is 0 Å². The second-order valence-corrected chi connectivity index (χ2v) is 4.22. The van der Waals surface area contributed by atoms with Crippen molar-refractivity contribution in [1.82, 2.24) is 0 Å². The third-order valence-electron chi connectivity index (χ3n) is 2.34. The van der Waals surface area contributed by atoms with E-state index in [1.165, 1.54) is 0 Å². The van der Waals surface area contributed by atoms with Crippen molar-refractivity contribution in [2.45, 2.75) is 12.6 Å². The number of halogens is 2. The van der Waals surface area contributed by atoms with Gasteiger partial charge >= 0.3 is 0 Å². The zero-order valence-corrected chi connectivity index (χ0v) is 10.7. The quantitative estimate of drug-likeness (QED) is 0.865. The second-order valence-electron chi connectivity index (χ2n) is 3.30. The van der Waals surface area contributed by atoms with E-state index in [1.54, 1.807) is 7.11 Å². The van der Waals surface area contributed by atoms with Crippen molar-refractivity contribution in [2.75, 3.05) is 13.7 Å². The molecule has 1 aromatic rings. The molecule has 0 spiro atoms. The van der Waals surface area contributed by atoms with Gasteiger partial charge in [0.15, 0.2) is 0 Å². The molecule has 2 N–H and O–H groups in total. The molecule has 0 amide bonds. The summed E-state index contributed by atoms with van der Waals surface area (Å²) in [7, 11) is 1.66. The summed E-state index contributed by atoms with van der Waals surface area (Å²) in [4.78, 5) is 0. The molecule has 0 aromatic heterocycles. The molecule has 15 heavy (non-hydrogen) atoms. The number of ether oxygens (including phenoxy) is 2. The van der Waals surface area contributed by atoms with Crippen LogP contribution in [-0.2, 0) is 11.3 Å². The Morgan fingerprint density at radius 2 is 2.27 bits per heavy atom. The molecule has 2 rings (SSSR count). The summed E-state index contributed by atoms with van der Waals surface area (Å²) in [6.45, 7) is 1.17. The summed E-state index contributed by atoms with van der Waals surface area (Å²) in [5.74, 6) is 0.838. The highest BCUT2D eigenvalue weighted by atomic mass is 79.9.